The van der Waals surface area contributed by atoms with Gasteiger partial charge in [-0.15, -0.1) is 0 Å². The average molecular weight is 263 g/mol. The van der Waals surface area contributed by atoms with Crippen LogP contribution in [0, 0.1) is 6.92 Å². The summed E-state index contributed by atoms with van der Waals surface area (Å²) < 4.78 is 0. The fourth-order valence-corrected chi connectivity index (χ4v) is 12.7. The van der Waals surface area contributed by atoms with Gasteiger partial charge in [-0.25, -0.2) is 0 Å². The van der Waals surface area contributed by atoms with Crippen LogP contribution in [0.4, 0.5) is 0 Å². The van der Waals surface area contributed by atoms with E-state index in [9.17, 15) is 0 Å². The molecule has 0 fully saturated rings. The summed E-state index contributed by atoms with van der Waals surface area (Å²) in [7, 11) is -2.40. The first kappa shape index (κ1) is 14.5. The molecule has 0 aliphatic rings. The van der Waals surface area contributed by atoms with Crippen molar-refractivity contribution in [3.8, 4) is 0 Å². The Labute approximate surface area is 109 Å². The van der Waals surface area contributed by atoms with Gasteiger partial charge in [0.1, 0.15) is 0 Å². The van der Waals surface area contributed by atoms with Gasteiger partial charge < -0.3 is 0 Å². The van der Waals surface area contributed by atoms with Gasteiger partial charge in [0, 0.05) is 0 Å². The molecule has 1 rings (SSSR count). The quantitative estimate of drug-likeness (QED) is 0.662. The lowest BCUT2D eigenvalue weighted by Crippen LogP contribution is -2.39. The molecule has 17 heavy (non-hydrogen) atoms. The van der Waals surface area contributed by atoms with Crippen LogP contribution in [0.3, 0.4) is 0 Å². The van der Waals surface area contributed by atoms with Gasteiger partial charge in [0.25, 0.3) is 0 Å². The van der Waals surface area contributed by atoms with Crippen molar-refractivity contribution < 1.29 is 0 Å². The maximum atomic E-state index is 2.48. The summed E-state index contributed by atoms with van der Waals surface area (Å²) in [5.74, 6) is 0. The van der Waals surface area contributed by atoms with Crippen LogP contribution >= 0.6 is 0 Å². The van der Waals surface area contributed by atoms with E-state index < -0.39 is 16.1 Å². The van der Waals surface area contributed by atoms with Gasteiger partial charge in [0.15, 0.2) is 0 Å². The second-order valence-corrected chi connectivity index (χ2v) is 17.5. The number of benzene rings is 1. The van der Waals surface area contributed by atoms with Crippen LogP contribution in [-0.4, -0.2) is 16.1 Å². The third-order valence-corrected chi connectivity index (χ3v) is 11.0. The second-order valence-electron chi connectivity index (χ2n) is 6.97. The van der Waals surface area contributed by atoms with Gasteiger partial charge in [0.2, 0.25) is 0 Å². The first-order valence-corrected chi connectivity index (χ1v) is 13.4. The third kappa shape index (κ3) is 4.28. The Kier molecular flexibility index (Phi) is 4.21. The number of hydrogen-bond donors (Lipinski definition) is 0. The van der Waals surface area contributed by atoms with Crippen LogP contribution in [-0.2, 0) is 0 Å². The van der Waals surface area contributed by atoms with E-state index in [1.807, 2.05) is 0 Å². The third-order valence-electron chi connectivity index (χ3n) is 2.97. The zero-order chi connectivity index (χ0) is 13.3. The molecule has 0 unspecified atom stereocenters. The van der Waals surface area contributed by atoms with Gasteiger partial charge in [-0.3, -0.25) is 0 Å². The van der Waals surface area contributed by atoms with Crippen molar-refractivity contribution in [2.24, 2.45) is 0 Å². The molecular weight excluding hydrogens is 236 g/mol. The first-order valence-electron chi connectivity index (χ1n) is 6.40. The van der Waals surface area contributed by atoms with Gasteiger partial charge >= 0.3 is 0 Å². The first-order chi connectivity index (χ1) is 7.60. The van der Waals surface area contributed by atoms with E-state index in [-0.39, 0.29) is 0 Å². The highest BCUT2D eigenvalue weighted by Crippen LogP contribution is 2.27. The van der Waals surface area contributed by atoms with Crippen LogP contribution in [0.5, 0.6) is 0 Å². The van der Waals surface area contributed by atoms with Crippen molar-refractivity contribution in [1.29, 1.82) is 0 Å². The molecule has 1 aromatic carbocycles. The average Bonchev–Trinajstić information content (AvgIpc) is 2.10. The Hall–Kier alpha value is -0.606. The molecule has 0 bridgehead atoms. The predicted octanol–water partition coefficient (Wildman–Crippen LogP) is 5.13. The van der Waals surface area contributed by atoms with Crippen LogP contribution in [0.25, 0.3) is 6.08 Å². The Morgan fingerprint density at radius 2 is 1.47 bits per heavy atom. The molecule has 0 amide bonds. The van der Waals surface area contributed by atoms with Crippen molar-refractivity contribution >= 4 is 22.2 Å². The minimum atomic E-state index is -1.20. The van der Waals surface area contributed by atoms with Crippen LogP contribution < -0.4 is 0 Å². The molecule has 0 aliphatic carbocycles. The molecule has 0 saturated carbocycles. The number of rotatable bonds is 3. The van der Waals surface area contributed by atoms with Gasteiger partial charge in [-0.1, -0.05) is 80.0 Å². The lowest BCUT2D eigenvalue weighted by molar-refractivity contribution is 1.46. The molecule has 1 aromatic rings. The molecule has 0 aromatic heterocycles. The highest BCUT2D eigenvalue weighted by molar-refractivity contribution is 7.05. The molecule has 0 N–H and O–H groups in total. The standard InChI is InChI=1S/C15H26Si2/c1-13-9-8-10-14(11-13)12-15(16(2,3)4)17(5,6)7/h8-12H,1-7H3. The van der Waals surface area contributed by atoms with Gasteiger partial charge in [-0.05, 0) is 12.5 Å². The van der Waals surface area contributed by atoms with Crippen LogP contribution in [0.15, 0.2) is 29.1 Å². The van der Waals surface area contributed by atoms with Gasteiger partial charge in [0.05, 0.1) is 16.1 Å². The summed E-state index contributed by atoms with van der Waals surface area (Å²) in [6.45, 7) is 17.0. The molecule has 0 aliphatic heterocycles. The zero-order valence-electron chi connectivity index (χ0n) is 12.4. The Morgan fingerprint density at radius 1 is 0.941 bits per heavy atom. The fourth-order valence-electron chi connectivity index (χ4n) is 2.48. The van der Waals surface area contributed by atoms with Crippen molar-refractivity contribution in [3.63, 3.8) is 0 Å². The lowest BCUT2D eigenvalue weighted by atomic mass is 10.1. The largest absolute Gasteiger partial charge is 0.0906 e. The van der Waals surface area contributed by atoms with Crippen molar-refractivity contribution in [3.05, 3.63) is 40.2 Å². The van der Waals surface area contributed by atoms with E-state index >= 15 is 0 Å². The summed E-state index contributed by atoms with van der Waals surface area (Å²) in [6.07, 6.45) is 2.48. The van der Waals surface area contributed by atoms with E-state index in [4.69, 9.17) is 0 Å². The zero-order valence-corrected chi connectivity index (χ0v) is 14.4. The highest BCUT2D eigenvalue weighted by atomic mass is 28.4. The maximum absolute atomic E-state index is 2.48. The van der Waals surface area contributed by atoms with Crippen molar-refractivity contribution in [2.45, 2.75) is 46.2 Å². The fraction of sp³-hybridized carbons (Fsp3) is 0.467. The molecule has 0 saturated heterocycles. The molecule has 0 atom stereocenters. The van der Waals surface area contributed by atoms with Crippen molar-refractivity contribution in [2.75, 3.05) is 0 Å². The summed E-state index contributed by atoms with van der Waals surface area (Å²) in [5.41, 5.74) is 2.73. The van der Waals surface area contributed by atoms with E-state index in [1.165, 1.54) is 11.1 Å². The van der Waals surface area contributed by atoms with E-state index in [0.717, 1.165) is 0 Å². The van der Waals surface area contributed by atoms with Crippen LogP contribution in [0.2, 0.25) is 39.3 Å². The predicted molar refractivity (Wildman–Crippen MR) is 85.8 cm³/mol. The molecule has 0 heterocycles. The summed E-state index contributed by atoms with van der Waals surface area (Å²) in [5, 5.41) is 0. The summed E-state index contributed by atoms with van der Waals surface area (Å²) in [4.78, 5) is 1.77. The molecule has 2 heteroatoms. The smallest absolute Gasteiger partial charge is 0.0682 e. The Balaban J connectivity index is 3.25. The Bertz CT molecular complexity index is 401. The molecule has 0 radical (unpaired) electrons. The number of hydrogen-bond acceptors (Lipinski definition) is 0. The molecule has 0 spiro atoms. The maximum Gasteiger partial charge on any atom is 0.0682 e. The van der Waals surface area contributed by atoms with Gasteiger partial charge in [-0.2, -0.15) is 0 Å². The number of aryl methyl sites for hydroxylation is 1. The van der Waals surface area contributed by atoms with Crippen LogP contribution in [0.1, 0.15) is 11.1 Å². The van der Waals surface area contributed by atoms with E-state index in [2.05, 4.69) is 76.5 Å². The molecular formula is C15H26Si2. The molecule has 0 nitrogen and oxygen atoms in total. The topological polar surface area (TPSA) is 0 Å². The molecule has 94 valence electrons. The summed E-state index contributed by atoms with van der Waals surface area (Å²) >= 11 is 0. The second kappa shape index (κ2) is 4.95. The lowest BCUT2D eigenvalue weighted by Gasteiger charge is -2.31. The highest BCUT2D eigenvalue weighted by Gasteiger charge is 2.30. The minimum Gasteiger partial charge on any atom is -0.0906 e. The van der Waals surface area contributed by atoms with E-state index in [1.54, 1.807) is 4.82 Å². The Morgan fingerprint density at radius 3 is 1.88 bits per heavy atom. The van der Waals surface area contributed by atoms with E-state index in [0.29, 0.717) is 0 Å². The van der Waals surface area contributed by atoms with Crippen molar-refractivity contribution in [1.82, 2.24) is 0 Å². The minimum absolute atomic E-state index is 1.20. The SMILES string of the molecule is Cc1cccc(C=C([Si](C)(C)C)[Si](C)(C)C)c1. The monoisotopic (exact) mass is 262 g/mol. The normalized spacial score (nSPS) is 12.4. The summed E-state index contributed by atoms with van der Waals surface area (Å²) in [6, 6.07) is 8.85.